The van der Waals surface area contributed by atoms with E-state index in [2.05, 4.69) is 42.3 Å². The van der Waals surface area contributed by atoms with E-state index in [1.165, 1.54) is 11.1 Å². The van der Waals surface area contributed by atoms with E-state index in [0.29, 0.717) is 0 Å². The molecule has 1 aromatic heterocycles. The number of hydrogen-bond donors (Lipinski definition) is 1. The maximum atomic E-state index is 4.25. The molecule has 3 heteroatoms. The monoisotopic (exact) mass is 201 g/mol. The fourth-order valence-corrected chi connectivity index (χ4v) is 1.61. The second kappa shape index (κ2) is 3.77. The second-order valence-electron chi connectivity index (χ2n) is 3.75. The minimum absolute atomic E-state index is 0.868. The van der Waals surface area contributed by atoms with Gasteiger partial charge in [-0.15, -0.1) is 0 Å². The number of para-hydroxylation sites is 1. The molecule has 0 bridgehead atoms. The van der Waals surface area contributed by atoms with Crippen molar-refractivity contribution in [3.05, 3.63) is 41.7 Å². The zero-order chi connectivity index (χ0) is 10.8. The third-order valence-electron chi connectivity index (χ3n) is 2.54. The summed E-state index contributed by atoms with van der Waals surface area (Å²) in [6, 6.07) is 6.25. The molecule has 0 aliphatic rings. The molecule has 15 heavy (non-hydrogen) atoms. The highest BCUT2D eigenvalue weighted by molar-refractivity contribution is 5.62. The summed E-state index contributed by atoms with van der Waals surface area (Å²) in [7, 11) is 1.98. The van der Waals surface area contributed by atoms with Crippen molar-refractivity contribution in [2.75, 3.05) is 5.32 Å². The van der Waals surface area contributed by atoms with Crippen molar-refractivity contribution in [2.24, 2.45) is 7.05 Å². The standard InChI is InChI=1S/C12H15N3/c1-9-5-4-6-10(2)11(9)14-12-13-7-8-15(12)3/h4-8H,1-3H3,(H,13,14). The van der Waals surface area contributed by atoms with E-state index in [0.717, 1.165) is 11.6 Å². The third kappa shape index (κ3) is 1.86. The van der Waals surface area contributed by atoms with Crippen LogP contribution < -0.4 is 5.32 Å². The van der Waals surface area contributed by atoms with E-state index in [1.54, 1.807) is 6.20 Å². The Morgan fingerprint density at radius 1 is 1.20 bits per heavy atom. The molecule has 0 fully saturated rings. The van der Waals surface area contributed by atoms with Crippen molar-refractivity contribution in [2.45, 2.75) is 13.8 Å². The zero-order valence-corrected chi connectivity index (χ0v) is 9.28. The summed E-state index contributed by atoms with van der Waals surface area (Å²) >= 11 is 0. The quantitative estimate of drug-likeness (QED) is 0.809. The Morgan fingerprint density at radius 2 is 1.87 bits per heavy atom. The zero-order valence-electron chi connectivity index (χ0n) is 9.28. The van der Waals surface area contributed by atoms with Gasteiger partial charge in [0.05, 0.1) is 0 Å². The van der Waals surface area contributed by atoms with E-state index in [1.807, 2.05) is 17.8 Å². The van der Waals surface area contributed by atoms with Gasteiger partial charge in [-0.05, 0) is 25.0 Å². The average Bonchev–Trinajstić information content (AvgIpc) is 2.58. The fraction of sp³-hybridized carbons (Fsp3) is 0.250. The van der Waals surface area contributed by atoms with Crippen molar-refractivity contribution in [1.29, 1.82) is 0 Å². The normalized spacial score (nSPS) is 10.3. The summed E-state index contributed by atoms with van der Waals surface area (Å²) in [6.45, 7) is 4.19. The van der Waals surface area contributed by atoms with E-state index < -0.39 is 0 Å². The molecule has 0 atom stereocenters. The number of aryl methyl sites for hydroxylation is 3. The maximum absolute atomic E-state index is 4.25. The highest BCUT2D eigenvalue weighted by atomic mass is 15.2. The van der Waals surface area contributed by atoms with Crippen molar-refractivity contribution < 1.29 is 0 Å². The molecule has 0 unspecified atom stereocenters. The molecule has 0 amide bonds. The van der Waals surface area contributed by atoms with Gasteiger partial charge in [0.1, 0.15) is 0 Å². The lowest BCUT2D eigenvalue weighted by molar-refractivity contribution is 0.923. The maximum Gasteiger partial charge on any atom is 0.207 e. The van der Waals surface area contributed by atoms with E-state index >= 15 is 0 Å². The molecule has 0 saturated heterocycles. The topological polar surface area (TPSA) is 29.9 Å². The minimum Gasteiger partial charge on any atom is -0.325 e. The molecule has 2 aromatic rings. The molecule has 78 valence electrons. The highest BCUT2D eigenvalue weighted by Crippen LogP contribution is 2.22. The smallest absolute Gasteiger partial charge is 0.207 e. The van der Waals surface area contributed by atoms with Crippen LogP contribution in [0.5, 0.6) is 0 Å². The largest absolute Gasteiger partial charge is 0.325 e. The van der Waals surface area contributed by atoms with E-state index in [9.17, 15) is 0 Å². The van der Waals surface area contributed by atoms with Gasteiger partial charge in [0.25, 0.3) is 0 Å². The number of aromatic nitrogens is 2. The second-order valence-corrected chi connectivity index (χ2v) is 3.75. The van der Waals surface area contributed by atoms with Gasteiger partial charge in [-0.1, -0.05) is 18.2 Å². The van der Waals surface area contributed by atoms with Crippen LogP contribution in [0.4, 0.5) is 11.6 Å². The van der Waals surface area contributed by atoms with Crippen molar-refractivity contribution >= 4 is 11.6 Å². The Morgan fingerprint density at radius 3 is 2.40 bits per heavy atom. The van der Waals surface area contributed by atoms with Gasteiger partial charge in [-0.3, -0.25) is 0 Å². The molecule has 3 nitrogen and oxygen atoms in total. The van der Waals surface area contributed by atoms with Crippen LogP contribution in [0.15, 0.2) is 30.6 Å². The van der Waals surface area contributed by atoms with Gasteiger partial charge < -0.3 is 9.88 Å². The van der Waals surface area contributed by atoms with Crippen LogP contribution in [-0.2, 0) is 7.05 Å². The number of imidazole rings is 1. The Kier molecular flexibility index (Phi) is 2.46. The van der Waals surface area contributed by atoms with Gasteiger partial charge in [-0.25, -0.2) is 4.98 Å². The van der Waals surface area contributed by atoms with Gasteiger partial charge in [0, 0.05) is 25.1 Å². The number of benzene rings is 1. The SMILES string of the molecule is Cc1cccc(C)c1Nc1nccn1C. The van der Waals surface area contributed by atoms with Crippen molar-refractivity contribution in [3.8, 4) is 0 Å². The van der Waals surface area contributed by atoms with Crippen LogP contribution in [0.25, 0.3) is 0 Å². The molecule has 1 N–H and O–H groups in total. The molecule has 0 spiro atoms. The summed E-state index contributed by atoms with van der Waals surface area (Å²) in [4.78, 5) is 4.25. The van der Waals surface area contributed by atoms with Crippen LogP contribution in [0.3, 0.4) is 0 Å². The Bertz CT molecular complexity index is 451. The number of hydrogen-bond acceptors (Lipinski definition) is 2. The van der Waals surface area contributed by atoms with Gasteiger partial charge >= 0.3 is 0 Å². The number of rotatable bonds is 2. The predicted octanol–water partition coefficient (Wildman–Crippen LogP) is 2.78. The number of nitrogens with zero attached hydrogens (tertiary/aromatic N) is 2. The van der Waals surface area contributed by atoms with Gasteiger partial charge in [0.2, 0.25) is 5.95 Å². The first-order valence-corrected chi connectivity index (χ1v) is 4.99. The van der Waals surface area contributed by atoms with E-state index in [-0.39, 0.29) is 0 Å². The van der Waals surface area contributed by atoms with Crippen molar-refractivity contribution in [1.82, 2.24) is 9.55 Å². The van der Waals surface area contributed by atoms with Crippen LogP contribution in [0.2, 0.25) is 0 Å². The lowest BCUT2D eigenvalue weighted by Gasteiger charge is -2.11. The molecule has 1 heterocycles. The number of nitrogens with one attached hydrogen (secondary N) is 1. The van der Waals surface area contributed by atoms with Gasteiger partial charge in [-0.2, -0.15) is 0 Å². The third-order valence-corrected chi connectivity index (χ3v) is 2.54. The van der Waals surface area contributed by atoms with Crippen LogP contribution in [0, 0.1) is 13.8 Å². The highest BCUT2D eigenvalue weighted by Gasteiger charge is 2.04. The van der Waals surface area contributed by atoms with E-state index in [4.69, 9.17) is 0 Å². The Balaban J connectivity index is 2.36. The first-order valence-electron chi connectivity index (χ1n) is 4.99. The summed E-state index contributed by atoms with van der Waals surface area (Å²) < 4.78 is 1.96. The molecule has 0 radical (unpaired) electrons. The molecule has 1 aromatic carbocycles. The van der Waals surface area contributed by atoms with Crippen LogP contribution in [0.1, 0.15) is 11.1 Å². The first-order chi connectivity index (χ1) is 7.18. The van der Waals surface area contributed by atoms with Crippen LogP contribution >= 0.6 is 0 Å². The lowest BCUT2D eigenvalue weighted by Crippen LogP contribution is -2.01. The fourth-order valence-electron chi connectivity index (χ4n) is 1.61. The molecule has 2 rings (SSSR count). The molecule has 0 saturated carbocycles. The molecule has 0 aliphatic carbocycles. The summed E-state index contributed by atoms with van der Waals surface area (Å²) in [6.07, 6.45) is 3.71. The number of anilines is 2. The molecular weight excluding hydrogens is 186 g/mol. The minimum atomic E-state index is 0.868. The Labute approximate surface area is 89.8 Å². The molecular formula is C12H15N3. The lowest BCUT2D eigenvalue weighted by atomic mass is 10.1. The average molecular weight is 201 g/mol. The van der Waals surface area contributed by atoms with Crippen LogP contribution in [-0.4, -0.2) is 9.55 Å². The summed E-state index contributed by atoms with van der Waals surface area (Å²) in [5, 5.41) is 3.34. The Hall–Kier alpha value is -1.77. The molecule has 0 aliphatic heterocycles. The predicted molar refractivity (Wildman–Crippen MR) is 62.4 cm³/mol. The van der Waals surface area contributed by atoms with Crippen molar-refractivity contribution in [3.63, 3.8) is 0 Å². The summed E-state index contributed by atoms with van der Waals surface area (Å²) in [5.74, 6) is 0.868. The van der Waals surface area contributed by atoms with Gasteiger partial charge in [0.15, 0.2) is 0 Å². The summed E-state index contributed by atoms with van der Waals surface area (Å²) in [5.41, 5.74) is 3.61. The first kappa shape index (κ1) is 9.77.